The molecule has 0 bridgehead atoms. The van der Waals surface area contributed by atoms with Gasteiger partial charge in [0.1, 0.15) is 11.4 Å². The van der Waals surface area contributed by atoms with Crippen LogP contribution in [0.3, 0.4) is 0 Å². The van der Waals surface area contributed by atoms with E-state index in [9.17, 15) is 9.50 Å². The minimum Gasteiger partial charge on any atom is -0.377 e. The summed E-state index contributed by atoms with van der Waals surface area (Å²) in [5.41, 5.74) is -0.462. The van der Waals surface area contributed by atoms with E-state index in [1.54, 1.807) is 31.3 Å². The molecule has 2 aromatic rings. The summed E-state index contributed by atoms with van der Waals surface area (Å²) in [6.07, 6.45) is 2.67. The molecule has 1 N–H and O–H groups in total. The lowest BCUT2D eigenvalue weighted by Crippen LogP contribution is -2.25. The Balaban J connectivity index is 2.43. The minimum absolute atomic E-state index is 0.368. The van der Waals surface area contributed by atoms with Crippen LogP contribution in [0.1, 0.15) is 18.3 Å². The first kappa shape index (κ1) is 10.7. The molecule has 0 saturated carbocycles. The summed E-state index contributed by atoms with van der Waals surface area (Å²) in [6.45, 7) is 1.58. The van der Waals surface area contributed by atoms with Crippen LogP contribution in [-0.2, 0) is 5.60 Å². The molecule has 0 radical (unpaired) electrons. The molecule has 0 aliphatic carbocycles. The molecule has 2 aromatic heterocycles. The van der Waals surface area contributed by atoms with Gasteiger partial charge in [-0.3, -0.25) is 9.97 Å². The van der Waals surface area contributed by atoms with E-state index in [1.165, 1.54) is 12.1 Å². The number of nitrogens with zero attached hydrogens (tertiary/aromatic N) is 2. The minimum atomic E-state index is -1.31. The normalized spacial score (nSPS) is 14.4. The van der Waals surface area contributed by atoms with Crippen LogP contribution in [0.25, 0.3) is 0 Å². The van der Waals surface area contributed by atoms with Crippen molar-refractivity contribution in [2.24, 2.45) is 0 Å². The zero-order chi connectivity index (χ0) is 11.6. The molecule has 0 spiro atoms. The van der Waals surface area contributed by atoms with Crippen molar-refractivity contribution in [2.75, 3.05) is 0 Å². The fourth-order valence-corrected chi connectivity index (χ4v) is 1.45. The van der Waals surface area contributed by atoms with Crippen LogP contribution in [0.2, 0.25) is 0 Å². The quantitative estimate of drug-likeness (QED) is 0.837. The zero-order valence-corrected chi connectivity index (χ0v) is 8.76. The molecule has 3 nitrogen and oxygen atoms in total. The molecule has 0 aliphatic heterocycles. The third-order valence-electron chi connectivity index (χ3n) is 2.39. The van der Waals surface area contributed by atoms with Crippen LogP contribution in [0.15, 0.2) is 42.7 Å². The Labute approximate surface area is 92.6 Å². The highest BCUT2D eigenvalue weighted by Crippen LogP contribution is 2.25. The maximum absolute atomic E-state index is 12.7. The Morgan fingerprint density at radius 2 is 1.88 bits per heavy atom. The molecule has 1 unspecified atom stereocenters. The second kappa shape index (κ2) is 3.98. The summed E-state index contributed by atoms with van der Waals surface area (Å²) >= 11 is 0. The largest absolute Gasteiger partial charge is 0.377 e. The van der Waals surface area contributed by atoms with Crippen molar-refractivity contribution < 1.29 is 9.50 Å². The third kappa shape index (κ3) is 1.92. The number of rotatable bonds is 2. The fourth-order valence-electron chi connectivity index (χ4n) is 1.45. The number of pyridine rings is 2. The van der Waals surface area contributed by atoms with Crippen molar-refractivity contribution in [3.8, 4) is 0 Å². The predicted octanol–water partition coefficient (Wildman–Crippen LogP) is 1.87. The summed E-state index contributed by atoms with van der Waals surface area (Å²) < 4.78 is 12.7. The molecule has 1 atom stereocenters. The zero-order valence-electron chi connectivity index (χ0n) is 8.76. The lowest BCUT2D eigenvalue weighted by atomic mass is 9.97. The fraction of sp³-hybridized carbons (Fsp3) is 0.167. The van der Waals surface area contributed by atoms with E-state index in [1.807, 2.05) is 0 Å². The maximum atomic E-state index is 12.7. The molecule has 4 heteroatoms. The van der Waals surface area contributed by atoms with Gasteiger partial charge in [-0.15, -0.1) is 0 Å². The third-order valence-corrected chi connectivity index (χ3v) is 2.39. The first-order chi connectivity index (χ1) is 7.60. The average Bonchev–Trinajstić information content (AvgIpc) is 2.31. The van der Waals surface area contributed by atoms with Crippen molar-refractivity contribution >= 4 is 0 Å². The average molecular weight is 218 g/mol. The van der Waals surface area contributed by atoms with Gasteiger partial charge in [-0.25, -0.2) is 4.39 Å². The molecule has 0 amide bonds. The molecule has 0 saturated heterocycles. The highest BCUT2D eigenvalue weighted by atomic mass is 19.1. The Morgan fingerprint density at radius 1 is 1.12 bits per heavy atom. The highest BCUT2D eigenvalue weighted by Gasteiger charge is 2.28. The van der Waals surface area contributed by atoms with E-state index >= 15 is 0 Å². The van der Waals surface area contributed by atoms with Crippen LogP contribution in [0.5, 0.6) is 0 Å². The van der Waals surface area contributed by atoms with Gasteiger partial charge in [0.2, 0.25) is 0 Å². The van der Waals surface area contributed by atoms with Crippen LogP contribution in [-0.4, -0.2) is 15.1 Å². The van der Waals surface area contributed by atoms with Crippen molar-refractivity contribution in [1.29, 1.82) is 0 Å². The summed E-state index contributed by atoms with van der Waals surface area (Å²) in [5.74, 6) is -0.430. The van der Waals surface area contributed by atoms with Gasteiger partial charge in [-0.1, -0.05) is 6.07 Å². The lowest BCUT2D eigenvalue weighted by molar-refractivity contribution is 0.0925. The number of aliphatic hydroxyl groups is 1. The Bertz CT molecular complexity index is 468. The van der Waals surface area contributed by atoms with Crippen molar-refractivity contribution in [2.45, 2.75) is 12.5 Å². The highest BCUT2D eigenvalue weighted by molar-refractivity contribution is 5.25. The number of hydrogen-bond donors (Lipinski definition) is 1. The summed E-state index contributed by atoms with van der Waals surface area (Å²) in [5, 5.41) is 10.3. The van der Waals surface area contributed by atoms with Gasteiger partial charge >= 0.3 is 0 Å². The summed E-state index contributed by atoms with van der Waals surface area (Å²) in [7, 11) is 0. The van der Waals surface area contributed by atoms with Crippen LogP contribution in [0.4, 0.5) is 4.39 Å². The Morgan fingerprint density at radius 3 is 2.44 bits per heavy atom. The standard InChI is InChI=1S/C12H11FN2O/c1-12(16,10-4-2-3-7-14-10)11-6-5-9(13)8-15-11/h2-8,16H,1H3. The summed E-state index contributed by atoms with van der Waals surface area (Å²) in [6, 6.07) is 7.95. The van der Waals surface area contributed by atoms with Gasteiger partial charge in [0.15, 0.2) is 0 Å². The Kier molecular flexibility index (Phi) is 2.66. The molecule has 0 aromatic carbocycles. The van der Waals surface area contributed by atoms with Gasteiger partial charge < -0.3 is 5.11 Å². The lowest BCUT2D eigenvalue weighted by Gasteiger charge is -2.21. The van der Waals surface area contributed by atoms with Crippen LogP contribution in [0, 0.1) is 5.82 Å². The first-order valence-corrected chi connectivity index (χ1v) is 4.86. The number of hydrogen-bond acceptors (Lipinski definition) is 3. The van der Waals surface area contributed by atoms with Gasteiger partial charge in [-0.2, -0.15) is 0 Å². The predicted molar refractivity (Wildman–Crippen MR) is 57.1 cm³/mol. The van der Waals surface area contributed by atoms with Crippen molar-refractivity contribution in [3.63, 3.8) is 0 Å². The molecular formula is C12H11FN2O. The second-order valence-electron chi connectivity index (χ2n) is 3.65. The second-order valence-corrected chi connectivity index (χ2v) is 3.65. The topological polar surface area (TPSA) is 46.0 Å². The van der Waals surface area contributed by atoms with Gasteiger partial charge in [0.25, 0.3) is 0 Å². The molecule has 0 fully saturated rings. The van der Waals surface area contributed by atoms with E-state index in [0.717, 1.165) is 6.20 Å². The van der Waals surface area contributed by atoms with Crippen LogP contribution >= 0.6 is 0 Å². The molecule has 2 rings (SSSR count). The smallest absolute Gasteiger partial charge is 0.145 e. The van der Waals surface area contributed by atoms with Crippen molar-refractivity contribution in [3.05, 3.63) is 59.9 Å². The number of aromatic nitrogens is 2. The monoisotopic (exact) mass is 218 g/mol. The maximum Gasteiger partial charge on any atom is 0.145 e. The van der Waals surface area contributed by atoms with E-state index in [2.05, 4.69) is 9.97 Å². The van der Waals surface area contributed by atoms with E-state index in [0.29, 0.717) is 11.4 Å². The van der Waals surface area contributed by atoms with Gasteiger partial charge in [0, 0.05) is 6.20 Å². The van der Waals surface area contributed by atoms with Gasteiger partial charge in [0.05, 0.1) is 17.6 Å². The van der Waals surface area contributed by atoms with E-state index in [-0.39, 0.29) is 0 Å². The molecule has 2 heterocycles. The molecule has 16 heavy (non-hydrogen) atoms. The number of halogens is 1. The van der Waals surface area contributed by atoms with E-state index in [4.69, 9.17) is 0 Å². The van der Waals surface area contributed by atoms with Crippen molar-refractivity contribution in [1.82, 2.24) is 9.97 Å². The molecular weight excluding hydrogens is 207 g/mol. The van der Waals surface area contributed by atoms with E-state index < -0.39 is 11.4 Å². The van der Waals surface area contributed by atoms with Gasteiger partial charge in [-0.05, 0) is 31.2 Å². The molecule has 0 aliphatic rings. The summed E-state index contributed by atoms with van der Waals surface area (Å²) in [4.78, 5) is 7.93. The Hall–Kier alpha value is -1.81. The molecule has 82 valence electrons. The first-order valence-electron chi connectivity index (χ1n) is 4.86. The van der Waals surface area contributed by atoms with Crippen LogP contribution < -0.4 is 0 Å². The SMILES string of the molecule is CC(O)(c1ccccn1)c1ccc(F)cn1.